The molecule has 104 valence electrons. The maximum atomic E-state index is 11.7. The van der Waals surface area contributed by atoms with Crippen LogP contribution in [0.2, 0.25) is 5.02 Å². The number of carbonyl (C=O) groups is 1. The minimum absolute atomic E-state index is 0.0273. The van der Waals surface area contributed by atoms with Gasteiger partial charge in [-0.1, -0.05) is 31.4 Å². The Bertz CT molecular complexity index is 489. The van der Waals surface area contributed by atoms with Gasteiger partial charge in [0.15, 0.2) is 0 Å². The lowest BCUT2D eigenvalue weighted by atomic mass is 10.1. The van der Waals surface area contributed by atoms with E-state index < -0.39 is 4.92 Å². The molecule has 0 spiro atoms. The molecule has 0 aromatic heterocycles. The predicted molar refractivity (Wildman–Crippen MR) is 75.6 cm³/mol. The summed E-state index contributed by atoms with van der Waals surface area (Å²) in [5, 5.41) is 13.5. The quantitative estimate of drug-likeness (QED) is 0.486. The molecule has 1 aromatic carbocycles. The average molecular weight is 285 g/mol. The van der Waals surface area contributed by atoms with E-state index in [0.29, 0.717) is 17.7 Å². The van der Waals surface area contributed by atoms with Gasteiger partial charge in [0, 0.05) is 18.2 Å². The van der Waals surface area contributed by atoms with Crippen LogP contribution >= 0.6 is 11.6 Å². The number of nitrogens with one attached hydrogen (secondary N) is 1. The van der Waals surface area contributed by atoms with E-state index in [1.54, 1.807) is 6.92 Å². The molecule has 0 bridgehead atoms. The molecule has 6 heteroatoms. The van der Waals surface area contributed by atoms with Gasteiger partial charge < -0.3 is 5.32 Å². The van der Waals surface area contributed by atoms with Crippen molar-refractivity contribution in [2.75, 3.05) is 5.32 Å². The molecule has 0 aliphatic rings. The van der Waals surface area contributed by atoms with E-state index >= 15 is 0 Å². The minimum Gasteiger partial charge on any atom is -0.326 e. The molecule has 1 N–H and O–H groups in total. The normalized spacial score (nSPS) is 10.3. The third-order valence-electron chi connectivity index (χ3n) is 2.77. The van der Waals surface area contributed by atoms with E-state index in [2.05, 4.69) is 12.2 Å². The van der Waals surface area contributed by atoms with Gasteiger partial charge in [-0.05, 0) is 25.0 Å². The first-order valence-electron chi connectivity index (χ1n) is 6.20. The highest BCUT2D eigenvalue weighted by molar-refractivity contribution is 6.33. The molecule has 0 aliphatic carbocycles. The van der Waals surface area contributed by atoms with Gasteiger partial charge in [-0.2, -0.15) is 0 Å². The van der Waals surface area contributed by atoms with Gasteiger partial charge in [0.1, 0.15) is 5.02 Å². The van der Waals surface area contributed by atoms with E-state index in [1.807, 2.05) is 0 Å². The Morgan fingerprint density at radius 1 is 1.42 bits per heavy atom. The van der Waals surface area contributed by atoms with Crippen LogP contribution in [0.1, 0.15) is 38.2 Å². The Hall–Kier alpha value is -1.62. The van der Waals surface area contributed by atoms with Crippen LogP contribution in [0.3, 0.4) is 0 Å². The highest BCUT2D eigenvalue weighted by atomic mass is 35.5. The van der Waals surface area contributed by atoms with Gasteiger partial charge in [-0.25, -0.2) is 0 Å². The van der Waals surface area contributed by atoms with Gasteiger partial charge in [0.2, 0.25) is 5.91 Å². The summed E-state index contributed by atoms with van der Waals surface area (Å²) in [5.41, 5.74) is 1.00. The predicted octanol–water partition coefficient (Wildman–Crippen LogP) is 4.08. The summed E-state index contributed by atoms with van der Waals surface area (Å²) < 4.78 is 0. The van der Waals surface area contributed by atoms with Crippen LogP contribution in [-0.2, 0) is 4.79 Å². The molecule has 0 fully saturated rings. The second-order valence-corrected chi connectivity index (χ2v) is 4.79. The van der Waals surface area contributed by atoms with Crippen molar-refractivity contribution in [2.45, 2.75) is 39.5 Å². The third kappa shape index (κ3) is 4.52. The number of amides is 1. The second kappa shape index (κ2) is 7.09. The number of carbonyl (C=O) groups excluding carboxylic acids is 1. The largest absolute Gasteiger partial charge is 0.326 e. The lowest BCUT2D eigenvalue weighted by Crippen LogP contribution is -2.12. The van der Waals surface area contributed by atoms with Crippen LogP contribution < -0.4 is 5.32 Å². The smallest absolute Gasteiger partial charge is 0.288 e. The van der Waals surface area contributed by atoms with Crippen molar-refractivity contribution in [2.24, 2.45) is 0 Å². The number of nitrogens with zero attached hydrogens (tertiary/aromatic N) is 1. The molecular formula is C13H17ClN2O3. The Balaban J connectivity index is 2.77. The number of unbranched alkanes of at least 4 members (excludes halogenated alkanes) is 2. The highest BCUT2D eigenvalue weighted by Crippen LogP contribution is 2.30. The summed E-state index contributed by atoms with van der Waals surface area (Å²) >= 11 is 5.81. The molecule has 0 saturated carbocycles. The molecule has 5 nitrogen and oxygen atoms in total. The molecule has 1 amide bonds. The molecule has 0 aliphatic heterocycles. The van der Waals surface area contributed by atoms with Crippen LogP contribution in [0.25, 0.3) is 0 Å². The van der Waals surface area contributed by atoms with Crippen molar-refractivity contribution in [1.29, 1.82) is 0 Å². The molecule has 0 unspecified atom stereocenters. The summed E-state index contributed by atoms with van der Waals surface area (Å²) in [7, 11) is 0. The van der Waals surface area contributed by atoms with E-state index in [1.165, 1.54) is 12.1 Å². The van der Waals surface area contributed by atoms with E-state index in [4.69, 9.17) is 11.6 Å². The maximum absolute atomic E-state index is 11.7. The topological polar surface area (TPSA) is 72.2 Å². The number of nitro groups is 1. The van der Waals surface area contributed by atoms with Crippen LogP contribution in [0.15, 0.2) is 12.1 Å². The lowest BCUT2D eigenvalue weighted by molar-refractivity contribution is -0.384. The van der Waals surface area contributed by atoms with Crippen LogP contribution in [0.4, 0.5) is 11.4 Å². The zero-order chi connectivity index (χ0) is 14.4. The fourth-order valence-corrected chi connectivity index (χ4v) is 1.92. The van der Waals surface area contributed by atoms with Gasteiger partial charge in [-0.15, -0.1) is 0 Å². The van der Waals surface area contributed by atoms with E-state index in [-0.39, 0.29) is 16.6 Å². The molecule has 0 atom stereocenters. The second-order valence-electron chi connectivity index (χ2n) is 4.38. The van der Waals surface area contributed by atoms with Crippen molar-refractivity contribution < 1.29 is 9.72 Å². The summed E-state index contributed by atoms with van der Waals surface area (Å²) in [6.07, 6.45) is 3.34. The summed E-state index contributed by atoms with van der Waals surface area (Å²) in [5.74, 6) is -0.0959. The number of anilines is 1. The number of hydrogen-bond donors (Lipinski definition) is 1. The van der Waals surface area contributed by atoms with E-state index in [0.717, 1.165) is 19.3 Å². The van der Waals surface area contributed by atoms with Gasteiger partial charge in [-0.3, -0.25) is 14.9 Å². The van der Waals surface area contributed by atoms with E-state index in [9.17, 15) is 14.9 Å². The lowest BCUT2D eigenvalue weighted by Gasteiger charge is -2.09. The molecular weight excluding hydrogens is 268 g/mol. The zero-order valence-corrected chi connectivity index (χ0v) is 11.8. The Labute approximate surface area is 117 Å². The number of aryl methyl sites for hydroxylation is 1. The summed E-state index contributed by atoms with van der Waals surface area (Å²) in [4.78, 5) is 21.9. The van der Waals surface area contributed by atoms with Crippen molar-refractivity contribution in [1.82, 2.24) is 0 Å². The maximum Gasteiger partial charge on any atom is 0.288 e. The van der Waals surface area contributed by atoms with Gasteiger partial charge in [0.05, 0.1) is 4.92 Å². The van der Waals surface area contributed by atoms with Gasteiger partial charge in [0.25, 0.3) is 5.69 Å². The van der Waals surface area contributed by atoms with Crippen LogP contribution in [0, 0.1) is 17.0 Å². The Morgan fingerprint density at radius 2 is 2.11 bits per heavy atom. The monoisotopic (exact) mass is 284 g/mol. The number of nitro benzene ring substituents is 1. The zero-order valence-electron chi connectivity index (χ0n) is 11.0. The number of hydrogen-bond acceptors (Lipinski definition) is 3. The number of rotatable bonds is 6. The number of benzene rings is 1. The molecule has 0 saturated heterocycles. The first-order chi connectivity index (χ1) is 8.95. The standard InChI is InChI=1S/C13H17ClN2O3/c1-3-4-5-6-13(17)15-11-8-10(14)12(16(18)19)7-9(11)2/h7-8H,3-6H2,1-2H3,(H,15,17). The Kier molecular flexibility index (Phi) is 5.76. The third-order valence-corrected chi connectivity index (χ3v) is 3.07. The van der Waals surface area contributed by atoms with Crippen molar-refractivity contribution in [3.05, 3.63) is 32.8 Å². The molecule has 1 rings (SSSR count). The average Bonchev–Trinajstić information content (AvgIpc) is 2.33. The first-order valence-corrected chi connectivity index (χ1v) is 6.58. The highest BCUT2D eigenvalue weighted by Gasteiger charge is 2.15. The SMILES string of the molecule is CCCCCC(=O)Nc1cc(Cl)c([N+](=O)[O-])cc1C. The van der Waals surface area contributed by atoms with Crippen molar-refractivity contribution in [3.63, 3.8) is 0 Å². The molecule has 0 heterocycles. The fraction of sp³-hybridized carbons (Fsp3) is 0.462. The number of halogens is 1. The Morgan fingerprint density at radius 3 is 2.68 bits per heavy atom. The molecule has 1 aromatic rings. The molecule has 0 radical (unpaired) electrons. The fourth-order valence-electron chi connectivity index (χ4n) is 1.69. The van der Waals surface area contributed by atoms with Gasteiger partial charge >= 0.3 is 0 Å². The van der Waals surface area contributed by atoms with Crippen molar-refractivity contribution >= 4 is 28.9 Å². The molecule has 19 heavy (non-hydrogen) atoms. The first kappa shape index (κ1) is 15.4. The minimum atomic E-state index is -0.540. The van der Waals surface area contributed by atoms with Crippen LogP contribution in [-0.4, -0.2) is 10.8 Å². The van der Waals surface area contributed by atoms with Crippen LogP contribution in [0.5, 0.6) is 0 Å². The summed E-state index contributed by atoms with van der Waals surface area (Å²) in [6.45, 7) is 3.77. The summed E-state index contributed by atoms with van der Waals surface area (Å²) in [6, 6.07) is 2.79. The van der Waals surface area contributed by atoms with Crippen molar-refractivity contribution in [3.8, 4) is 0 Å².